The normalized spacial score (nSPS) is 14.4. The quantitative estimate of drug-likeness (QED) is 0.452. The van der Waals surface area contributed by atoms with Gasteiger partial charge >= 0.3 is 11.4 Å². The topological polar surface area (TPSA) is 127 Å². The Kier molecular flexibility index (Phi) is 2.78. The molecule has 0 heterocycles. The first-order valence-corrected chi connectivity index (χ1v) is 6.16. The van der Waals surface area contributed by atoms with Gasteiger partial charge in [-0.2, -0.15) is 18.0 Å². The fourth-order valence-corrected chi connectivity index (χ4v) is 2.42. The number of benzene rings is 1. The van der Waals surface area contributed by atoms with Crippen LogP contribution in [0.5, 0.6) is 0 Å². The molecule has 2 rings (SSSR count). The molecule has 7 nitrogen and oxygen atoms in total. The number of allylic oxidation sites excluding steroid dienone is 1. The van der Waals surface area contributed by atoms with Crippen LogP contribution in [-0.2, 0) is 10.1 Å². The van der Waals surface area contributed by atoms with Gasteiger partial charge in [-0.3, -0.25) is 4.55 Å². The molecule has 1 aromatic carbocycles. The van der Waals surface area contributed by atoms with E-state index < -0.39 is 15.0 Å². The third-order valence-electron chi connectivity index (χ3n) is 2.44. The summed E-state index contributed by atoms with van der Waals surface area (Å²) in [4.78, 5) is 5.38. The van der Waals surface area contributed by atoms with Gasteiger partial charge in [0.05, 0.1) is 11.6 Å². The summed E-state index contributed by atoms with van der Waals surface area (Å²) < 4.78 is 31.6. The summed E-state index contributed by atoms with van der Waals surface area (Å²) in [6.45, 7) is 0. The zero-order valence-electron chi connectivity index (χ0n) is 8.85. The summed E-state index contributed by atoms with van der Waals surface area (Å²) in [6, 6.07) is 6.07. The number of hydrogen-bond donors (Lipinski definition) is 1. The highest BCUT2D eigenvalue weighted by molar-refractivity contribution is 7.95. The zero-order chi connectivity index (χ0) is 13.3. The van der Waals surface area contributed by atoms with Gasteiger partial charge in [0.2, 0.25) is 0 Å². The lowest BCUT2D eigenvalue weighted by atomic mass is 9.94. The van der Waals surface area contributed by atoms with E-state index in [9.17, 15) is 8.42 Å². The van der Waals surface area contributed by atoms with Gasteiger partial charge in [-0.1, -0.05) is 18.2 Å². The van der Waals surface area contributed by atoms with Crippen LogP contribution in [0.2, 0.25) is 0 Å². The van der Waals surface area contributed by atoms with Crippen molar-refractivity contribution in [2.24, 2.45) is 0 Å². The fourth-order valence-electron chi connectivity index (χ4n) is 1.71. The second-order valence-electron chi connectivity index (χ2n) is 3.46. The summed E-state index contributed by atoms with van der Waals surface area (Å²) in [5, 5.41) is 0. The highest BCUT2D eigenvalue weighted by atomic mass is 32.2. The maximum atomic E-state index is 11.3. The first-order chi connectivity index (χ1) is 8.49. The Bertz CT molecular complexity index is 766. The maximum Gasteiger partial charge on any atom is 0.410 e. The minimum absolute atomic E-state index is 0.0829. The molecule has 18 heavy (non-hydrogen) atoms. The fraction of sp³-hybridized carbons (Fsp3) is 0. The maximum absolute atomic E-state index is 11.3. The van der Waals surface area contributed by atoms with Crippen LogP contribution in [0, 0.1) is 0 Å². The van der Waals surface area contributed by atoms with E-state index in [1.807, 2.05) is 0 Å². The summed E-state index contributed by atoms with van der Waals surface area (Å²) in [6.07, 6.45) is 0.923. The van der Waals surface area contributed by atoms with E-state index in [1.54, 1.807) is 12.1 Å². The van der Waals surface area contributed by atoms with Gasteiger partial charge in [-0.05, 0) is 6.07 Å². The zero-order valence-corrected chi connectivity index (χ0v) is 9.66. The summed E-state index contributed by atoms with van der Waals surface area (Å²) in [5.41, 5.74) is 17.7. The Hall–Kier alpha value is -2.37. The number of hydrogen-bond acceptors (Lipinski definition) is 2. The Morgan fingerprint density at radius 1 is 1.06 bits per heavy atom. The van der Waals surface area contributed by atoms with Crippen LogP contribution in [-0.4, -0.2) is 34.0 Å². The van der Waals surface area contributed by atoms with Crippen molar-refractivity contribution in [3.63, 3.8) is 0 Å². The molecule has 0 bridgehead atoms. The Balaban J connectivity index is 2.92. The molecule has 0 aromatic heterocycles. The van der Waals surface area contributed by atoms with Crippen LogP contribution in [0.25, 0.3) is 16.0 Å². The molecule has 0 atom stereocenters. The standard InChI is InChI=1S/C10H6N4O3S/c11-13-8-5-9(18(15,16)17)6-3-1-2-4-7(6)10(8)14-12/h1-5H,(H,15,16,17). The first kappa shape index (κ1) is 12.1. The molecule has 0 fully saturated rings. The van der Waals surface area contributed by atoms with Crippen LogP contribution in [0.4, 0.5) is 0 Å². The minimum atomic E-state index is -4.48. The summed E-state index contributed by atoms with van der Waals surface area (Å²) in [5.74, 6) is 0. The molecule has 1 aromatic rings. The van der Waals surface area contributed by atoms with Gasteiger partial charge in [-0.15, -0.1) is 0 Å². The largest absolute Gasteiger partial charge is 0.410 e. The lowest BCUT2D eigenvalue weighted by Crippen LogP contribution is -2.24. The van der Waals surface area contributed by atoms with E-state index >= 15 is 0 Å². The van der Waals surface area contributed by atoms with Crippen molar-refractivity contribution >= 4 is 26.4 Å². The molecule has 0 amide bonds. The molecular weight excluding hydrogens is 256 g/mol. The predicted octanol–water partition coefficient (Wildman–Crippen LogP) is 0.619. The second kappa shape index (κ2) is 4.14. The van der Waals surface area contributed by atoms with Crippen LogP contribution in [0.3, 0.4) is 0 Å². The average molecular weight is 262 g/mol. The highest BCUT2D eigenvalue weighted by Crippen LogP contribution is 2.28. The Labute approximate surface area is 102 Å². The van der Waals surface area contributed by atoms with Crippen molar-refractivity contribution < 1.29 is 22.6 Å². The van der Waals surface area contributed by atoms with E-state index in [2.05, 4.69) is 9.58 Å². The van der Waals surface area contributed by atoms with Crippen LogP contribution >= 0.6 is 0 Å². The number of rotatable bonds is 1. The third-order valence-corrected chi connectivity index (χ3v) is 3.34. The van der Waals surface area contributed by atoms with Gasteiger partial charge in [0, 0.05) is 5.56 Å². The molecule has 0 spiro atoms. The molecule has 0 saturated carbocycles. The van der Waals surface area contributed by atoms with Crippen LogP contribution in [0.1, 0.15) is 11.1 Å². The third kappa shape index (κ3) is 1.81. The van der Waals surface area contributed by atoms with Crippen LogP contribution in [0.15, 0.2) is 30.3 Å². The number of nitrogens with zero attached hydrogens (tertiary/aromatic N) is 4. The molecule has 90 valence electrons. The molecule has 1 aliphatic carbocycles. The summed E-state index contributed by atoms with van der Waals surface area (Å²) in [7, 11) is -4.48. The van der Waals surface area contributed by atoms with Crippen molar-refractivity contribution in [3.8, 4) is 0 Å². The minimum Gasteiger partial charge on any atom is -0.360 e. The van der Waals surface area contributed by atoms with Crippen molar-refractivity contribution in [2.75, 3.05) is 0 Å². The van der Waals surface area contributed by atoms with Crippen LogP contribution < -0.4 is 0 Å². The predicted molar refractivity (Wildman–Crippen MR) is 62.3 cm³/mol. The van der Waals surface area contributed by atoms with E-state index in [0.717, 1.165) is 6.08 Å². The average Bonchev–Trinajstić information content (AvgIpc) is 2.35. The van der Waals surface area contributed by atoms with Crippen molar-refractivity contribution in [2.45, 2.75) is 0 Å². The van der Waals surface area contributed by atoms with Gasteiger partial charge in [0.25, 0.3) is 10.1 Å². The molecule has 0 unspecified atom stereocenters. The van der Waals surface area contributed by atoms with E-state index in [4.69, 9.17) is 15.6 Å². The molecular formula is C10H6N4O3S. The smallest absolute Gasteiger partial charge is 0.360 e. The van der Waals surface area contributed by atoms with Crippen molar-refractivity contribution in [1.82, 2.24) is 0 Å². The van der Waals surface area contributed by atoms with E-state index in [1.165, 1.54) is 12.1 Å². The Morgan fingerprint density at radius 3 is 2.17 bits per heavy atom. The Morgan fingerprint density at radius 2 is 1.67 bits per heavy atom. The van der Waals surface area contributed by atoms with Crippen molar-refractivity contribution in [3.05, 3.63) is 52.5 Å². The lowest BCUT2D eigenvalue weighted by Gasteiger charge is -2.09. The first-order valence-electron chi connectivity index (χ1n) is 4.72. The highest BCUT2D eigenvalue weighted by Gasteiger charge is 2.38. The number of fused-ring (bicyclic) bond motifs is 1. The molecule has 1 N–H and O–H groups in total. The molecule has 0 saturated heterocycles. The lowest BCUT2D eigenvalue weighted by molar-refractivity contribution is -0.0222. The van der Waals surface area contributed by atoms with E-state index in [0.29, 0.717) is 0 Å². The van der Waals surface area contributed by atoms with Gasteiger partial charge in [0.15, 0.2) is 0 Å². The SMILES string of the molecule is [N-]=[N+]=C1C=C(S(=O)(=O)O)c2ccccc2C1=[N+]=[N-]. The molecule has 0 radical (unpaired) electrons. The summed E-state index contributed by atoms with van der Waals surface area (Å²) >= 11 is 0. The monoisotopic (exact) mass is 262 g/mol. The second-order valence-corrected chi connectivity index (χ2v) is 4.85. The van der Waals surface area contributed by atoms with Gasteiger partial charge < -0.3 is 11.1 Å². The molecule has 0 aliphatic heterocycles. The van der Waals surface area contributed by atoms with Crippen molar-refractivity contribution in [1.29, 1.82) is 0 Å². The van der Waals surface area contributed by atoms with Gasteiger partial charge in [-0.25, -0.2) is 0 Å². The van der Waals surface area contributed by atoms with E-state index in [-0.39, 0.29) is 22.6 Å². The van der Waals surface area contributed by atoms with Gasteiger partial charge in [0.1, 0.15) is 4.91 Å². The molecule has 8 heteroatoms. The molecule has 1 aliphatic rings.